The highest BCUT2D eigenvalue weighted by Gasteiger charge is 2.81. The molecule has 2 bridgehead atoms. The second kappa shape index (κ2) is 7.07. The molecule has 174 valence electrons. The number of allylic oxidation sites excluding steroid dienone is 2. The second-order valence-electron chi connectivity index (χ2n) is 9.29. The molecule has 0 spiro atoms. The largest absolute Gasteiger partial charge is 0.507 e. The Morgan fingerprint density at radius 3 is 2.60 bits per heavy atom. The van der Waals surface area contributed by atoms with Crippen LogP contribution in [0.15, 0.2) is 36.4 Å². The number of fused-ring (bicyclic) bond motifs is 4. The first-order valence-corrected chi connectivity index (χ1v) is 11.4. The minimum atomic E-state index is -1.15. The number of carbonyl (C=O) groups is 2. The van der Waals surface area contributed by atoms with E-state index >= 15 is 0 Å². The molecule has 2 aromatic rings. The van der Waals surface area contributed by atoms with Gasteiger partial charge in [0.05, 0.1) is 28.8 Å². The summed E-state index contributed by atoms with van der Waals surface area (Å²) in [4.78, 5) is 27.5. The Bertz CT molecular complexity index is 1520. The van der Waals surface area contributed by atoms with Crippen LogP contribution in [-0.4, -0.2) is 39.5 Å². The number of rotatable bonds is 2. The quantitative estimate of drug-likeness (QED) is 0.259. The van der Waals surface area contributed by atoms with Crippen LogP contribution in [-0.2, 0) is 16.9 Å². The third-order valence-corrected chi connectivity index (χ3v) is 7.60. The Morgan fingerprint density at radius 2 is 1.89 bits per heavy atom. The zero-order valence-electron chi connectivity index (χ0n) is 19.1. The van der Waals surface area contributed by atoms with Crippen LogP contribution in [0.2, 0.25) is 0 Å². The molecule has 0 saturated carbocycles. The van der Waals surface area contributed by atoms with E-state index < -0.39 is 40.8 Å². The van der Waals surface area contributed by atoms with Gasteiger partial charge >= 0.3 is 0 Å². The molecule has 4 aliphatic rings. The number of nitrogens with two attached hydrogens (primary N) is 1. The number of hydrogen-bond acceptors (Lipinski definition) is 7. The second-order valence-corrected chi connectivity index (χ2v) is 9.29. The van der Waals surface area contributed by atoms with Gasteiger partial charge in [0.15, 0.2) is 17.2 Å². The maximum absolute atomic E-state index is 13.8. The van der Waals surface area contributed by atoms with Crippen molar-refractivity contribution in [1.29, 1.82) is 0 Å². The fourth-order valence-corrected chi connectivity index (χ4v) is 6.02. The molecule has 7 nitrogen and oxygen atoms in total. The summed E-state index contributed by atoms with van der Waals surface area (Å²) in [6.45, 7) is 3.58. The lowest BCUT2D eigenvalue weighted by Gasteiger charge is -2.38. The van der Waals surface area contributed by atoms with Crippen LogP contribution in [0.3, 0.4) is 0 Å². The van der Waals surface area contributed by atoms with Crippen molar-refractivity contribution < 1.29 is 24.5 Å². The number of ketones is 2. The van der Waals surface area contributed by atoms with E-state index in [0.717, 1.165) is 0 Å². The number of carbonyl (C=O) groups excluding carboxylic acids is 2. The summed E-state index contributed by atoms with van der Waals surface area (Å²) in [5.41, 5.74) is 5.36. The first-order valence-electron chi connectivity index (χ1n) is 11.4. The maximum Gasteiger partial charge on any atom is 0.198 e. The molecule has 7 heteroatoms. The molecule has 5 atom stereocenters. The van der Waals surface area contributed by atoms with Gasteiger partial charge in [-0.05, 0) is 37.6 Å². The SMILES string of the molecule is C[C@@H](O)[C@@]12O[C@]13c1cc(O)c4c(c1N[C@H]2C#C/C=C\C#C[C@@H]3C)C(=O)c1cccc(CN)c1C4=O. The average molecular weight is 466 g/mol. The minimum Gasteiger partial charge on any atom is -0.507 e. The van der Waals surface area contributed by atoms with E-state index in [4.69, 9.17) is 10.5 Å². The third-order valence-electron chi connectivity index (χ3n) is 7.60. The van der Waals surface area contributed by atoms with Crippen molar-refractivity contribution >= 4 is 17.3 Å². The number of phenols is 1. The van der Waals surface area contributed by atoms with Crippen molar-refractivity contribution in [1.82, 2.24) is 0 Å². The normalized spacial score (nSPS) is 30.5. The van der Waals surface area contributed by atoms with E-state index in [1.807, 2.05) is 6.92 Å². The van der Waals surface area contributed by atoms with Crippen molar-refractivity contribution in [2.24, 2.45) is 11.7 Å². The summed E-state index contributed by atoms with van der Waals surface area (Å²) >= 11 is 0. The zero-order chi connectivity index (χ0) is 24.7. The van der Waals surface area contributed by atoms with E-state index in [9.17, 15) is 19.8 Å². The predicted octanol–water partition coefficient (Wildman–Crippen LogP) is 1.98. The molecule has 2 heterocycles. The molecule has 2 aromatic carbocycles. The number of aromatic hydroxyl groups is 1. The molecular formula is C28H22N2O5. The highest BCUT2D eigenvalue weighted by molar-refractivity contribution is 6.31. The maximum atomic E-state index is 13.8. The van der Waals surface area contributed by atoms with Crippen LogP contribution < -0.4 is 11.1 Å². The Hall–Kier alpha value is -3.88. The van der Waals surface area contributed by atoms with Gasteiger partial charge in [0.1, 0.15) is 17.4 Å². The highest BCUT2D eigenvalue weighted by Crippen LogP contribution is 2.68. The van der Waals surface area contributed by atoms with Gasteiger partial charge in [-0.25, -0.2) is 0 Å². The lowest BCUT2D eigenvalue weighted by molar-refractivity contribution is 0.0868. The summed E-state index contributed by atoms with van der Waals surface area (Å²) in [5, 5.41) is 25.3. The molecule has 1 fully saturated rings. The highest BCUT2D eigenvalue weighted by atomic mass is 16.6. The molecule has 1 saturated heterocycles. The van der Waals surface area contributed by atoms with Crippen LogP contribution in [0, 0.1) is 29.6 Å². The number of aliphatic hydroxyl groups excluding tert-OH is 1. The summed E-state index contributed by atoms with van der Waals surface area (Å²) in [6.07, 6.45) is 2.32. The fourth-order valence-electron chi connectivity index (χ4n) is 6.02. The van der Waals surface area contributed by atoms with E-state index in [2.05, 4.69) is 29.0 Å². The molecule has 5 N–H and O–H groups in total. The average Bonchev–Trinajstić information content (AvgIpc) is 3.57. The minimum absolute atomic E-state index is 0.0697. The Labute approximate surface area is 202 Å². The third kappa shape index (κ3) is 2.47. The summed E-state index contributed by atoms with van der Waals surface area (Å²) in [5.74, 6) is 10.5. The zero-order valence-corrected chi connectivity index (χ0v) is 19.1. The molecular weight excluding hydrogens is 444 g/mol. The van der Waals surface area contributed by atoms with E-state index in [1.165, 1.54) is 6.07 Å². The number of aliphatic hydroxyl groups is 1. The van der Waals surface area contributed by atoms with Gasteiger partial charge in [-0.2, -0.15) is 0 Å². The molecule has 2 aliphatic carbocycles. The van der Waals surface area contributed by atoms with Gasteiger partial charge in [0, 0.05) is 23.2 Å². The summed E-state index contributed by atoms with van der Waals surface area (Å²) in [7, 11) is 0. The number of epoxide rings is 1. The van der Waals surface area contributed by atoms with Crippen LogP contribution in [0.5, 0.6) is 5.75 Å². The van der Waals surface area contributed by atoms with Crippen LogP contribution >= 0.6 is 0 Å². The van der Waals surface area contributed by atoms with Crippen LogP contribution in [0.4, 0.5) is 5.69 Å². The molecule has 0 unspecified atom stereocenters. The first-order chi connectivity index (χ1) is 16.8. The Balaban J connectivity index is 1.68. The van der Waals surface area contributed by atoms with Crippen molar-refractivity contribution in [3.63, 3.8) is 0 Å². The standard InChI is InChI=1S/C28H22N2O5/c1-14-8-5-3-4-6-11-20-28(15(2)31)27(14,35-28)18-12-19(32)22-23(24(18)30-20)25(33)17-10-7-9-16(13-29)21(17)26(22)34/h3-4,7,9-10,12,14-15,20,30-32H,13,29H2,1-2H3/b4-3-/t14-,15+,20-,27+,28-/m0/s1. The molecule has 0 aromatic heterocycles. The van der Waals surface area contributed by atoms with Gasteiger partial charge in [-0.3, -0.25) is 9.59 Å². The van der Waals surface area contributed by atoms with Crippen LogP contribution in [0.1, 0.15) is 56.8 Å². The van der Waals surface area contributed by atoms with Crippen LogP contribution in [0.25, 0.3) is 0 Å². The monoisotopic (exact) mass is 466 g/mol. The number of nitrogens with one attached hydrogen (secondary N) is 1. The van der Waals surface area contributed by atoms with Gasteiger partial charge in [-0.15, -0.1) is 0 Å². The van der Waals surface area contributed by atoms with Gasteiger partial charge < -0.3 is 26.0 Å². The number of ether oxygens (including phenoxy) is 1. The summed E-state index contributed by atoms with van der Waals surface area (Å²) < 4.78 is 6.39. The number of benzene rings is 2. The Kier molecular flexibility index (Phi) is 4.37. The molecule has 2 aliphatic heterocycles. The molecule has 35 heavy (non-hydrogen) atoms. The van der Waals surface area contributed by atoms with E-state index in [-0.39, 0.29) is 34.5 Å². The first kappa shape index (κ1) is 21.6. The van der Waals surface area contributed by atoms with Crippen molar-refractivity contribution in [2.75, 3.05) is 5.32 Å². The number of phenolic OH excluding ortho intramolecular Hbond substituents is 1. The lowest BCUT2D eigenvalue weighted by Crippen LogP contribution is -2.53. The van der Waals surface area contributed by atoms with Gasteiger partial charge in [-0.1, -0.05) is 41.9 Å². The van der Waals surface area contributed by atoms with Gasteiger partial charge in [0.25, 0.3) is 0 Å². The number of hydrogen-bond donors (Lipinski definition) is 4. The summed E-state index contributed by atoms with van der Waals surface area (Å²) in [6, 6.07) is 5.74. The smallest absolute Gasteiger partial charge is 0.198 e. The number of anilines is 1. The predicted molar refractivity (Wildman–Crippen MR) is 128 cm³/mol. The molecule has 0 amide bonds. The topological polar surface area (TPSA) is 125 Å². The van der Waals surface area contributed by atoms with E-state index in [0.29, 0.717) is 16.8 Å². The van der Waals surface area contributed by atoms with Crippen molar-refractivity contribution in [3.05, 3.63) is 69.8 Å². The Morgan fingerprint density at radius 1 is 1.14 bits per heavy atom. The van der Waals surface area contributed by atoms with E-state index in [1.54, 1.807) is 37.3 Å². The lowest BCUT2D eigenvalue weighted by atomic mass is 9.67. The molecule has 0 radical (unpaired) electrons. The molecule has 6 rings (SSSR count). The van der Waals surface area contributed by atoms with Crippen molar-refractivity contribution in [3.8, 4) is 29.4 Å². The van der Waals surface area contributed by atoms with Crippen molar-refractivity contribution in [2.45, 2.75) is 43.7 Å². The fraction of sp³-hybridized carbons (Fsp3) is 0.286. The van der Waals surface area contributed by atoms with Gasteiger partial charge in [0.2, 0.25) is 0 Å².